The highest BCUT2D eigenvalue weighted by Crippen LogP contribution is 2.13. The number of hydrogen-bond acceptors (Lipinski definition) is 4. The average molecular weight is 401 g/mol. The van der Waals surface area contributed by atoms with Crippen molar-refractivity contribution in [1.82, 2.24) is 25.5 Å². The van der Waals surface area contributed by atoms with Gasteiger partial charge in [0.15, 0.2) is 5.96 Å². The highest BCUT2D eigenvalue weighted by molar-refractivity contribution is 5.79. The number of para-hydroxylation sites is 2. The first-order chi connectivity index (χ1) is 14.2. The quantitative estimate of drug-likeness (QED) is 0.342. The molecule has 7 heteroatoms. The number of aromatic nitrogens is 2. The average Bonchev–Trinajstić information content (AvgIpc) is 3.14. The Morgan fingerprint density at radius 2 is 2.03 bits per heavy atom. The van der Waals surface area contributed by atoms with E-state index in [0.717, 1.165) is 81.6 Å². The maximum absolute atomic E-state index is 5.51. The van der Waals surface area contributed by atoms with E-state index in [1.807, 2.05) is 18.2 Å². The topological polar surface area (TPSA) is 77.6 Å². The number of morpholine rings is 1. The van der Waals surface area contributed by atoms with Gasteiger partial charge in [-0.3, -0.25) is 9.89 Å². The number of guanidine groups is 1. The van der Waals surface area contributed by atoms with Gasteiger partial charge in [0, 0.05) is 38.6 Å². The number of H-pyrrole nitrogens is 1. The van der Waals surface area contributed by atoms with Crippen molar-refractivity contribution < 1.29 is 4.74 Å². The van der Waals surface area contributed by atoms with Crippen molar-refractivity contribution in [2.45, 2.75) is 39.7 Å². The second-order valence-electron chi connectivity index (χ2n) is 7.91. The number of benzene rings is 1. The summed E-state index contributed by atoms with van der Waals surface area (Å²) in [5, 5.41) is 6.85. The number of imidazole rings is 1. The van der Waals surface area contributed by atoms with Gasteiger partial charge in [0.2, 0.25) is 0 Å². The molecule has 29 heavy (non-hydrogen) atoms. The van der Waals surface area contributed by atoms with Crippen LogP contribution in [0.15, 0.2) is 29.3 Å². The second-order valence-corrected chi connectivity index (χ2v) is 7.91. The van der Waals surface area contributed by atoms with Crippen LogP contribution in [0, 0.1) is 5.92 Å². The summed E-state index contributed by atoms with van der Waals surface area (Å²) < 4.78 is 5.51. The van der Waals surface area contributed by atoms with Crippen LogP contribution < -0.4 is 10.6 Å². The fraction of sp³-hybridized carbons (Fsp3) is 0.636. The van der Waals surface area contributed by atoms with E-state index >= 15 is 0 Å². The van der Waals surface area contributed by atoms with E-state index in [1.165, 1.54) is 0 Å². The van der Waals surface area contributed by atoms with E-state index in [4.69, 9.17) is 9.73 Å². The molecular weight excluding hydrogens is 364 g/mol. The van der Waals surface area contributed by atoms with Gasteiger partial charge in [-0.05, 0) is 31.4 Å². The molecule has 1 unspecified atom stereocenters. The number of nitrogens with one attached hydrogen (secondary N) is 3. The molecule has 0 saturated carbocycles. The molecule has 1 atom stereocenters. The molecule has 160 valence electrons. The Kier molecular flexibility index (Phi) is 8.31. The number of nitrogens with zero attached hydrogens (tertiary/aromatic N) is 3. The van der Waals surface area contributed by atoms with E-state index in [1.54, 1.807) is 0 Å². The Balaban J connectivity index is 1.48. The summed E-state index contributed by atoms with van der Waals surface area (Å²) in [4.78, 5) is 15.4. The molecule has 0 spiro atoms. The number of ether oxygens (including phenoxy) is 1. The van der Waals surface area contributed by atoms with Crippen molar-refractivity contribution in [3.63, 3.8) is 0 Å². The number of rotatable bonds is 9. The summed E-state index contributed by atoms with van der Waals surface area (Å²) in [6.07, 6.45) is 1.92. The molecule has 1 aromatic carbocycles. The lowest BCUT2D eigenvalue weighted by atomic mass is 10.0. The van der Waals surface area contributed by atoms with Gasteiger partial charge < -0.3 is 20.4 Å². The van der Waals surface area contributed by atoms with Crippen LogP contribution in [-0.4, -0.2) is 72.8 Å². The van der Waals surface area contributed by atoms with Crippen molar-refractivity contribution in [1.29, 1.82) is 0 Å². The Morgan fingerprint density at radius 3 is 2.76 bits per heavy atom. The zero-order valence-corrected chi connectivity index (χ0v) is 18.1. The predicted molar refractivity (Wildman–Crippen MR) is 119 cm³/mol. The zero-order valence-electron chi connectivity index (χ0n) is 18.1. The molecule has 1 fully saturated rings. The van der Waals surface area contributed by atoms with Crippen LogP contribution in [0.4, 0.5) is 0 Å². The Labute approximate surface area is 174 Å². The van der Waals surface area contributed by atoms with Crippen LogP contribution in [0.2, 0.25) is 0 Å². The van der Waals surface area contributed by atoms with Gasteiger partial charge in [0.25, 0.3) is 0 Å². The fourth-order valence-corrected chi connectivity index (χ4v) is 3.77. The highest BCUT2D eigenvalue weighted by atomic mass is 16.5. The van der Waals surface area contributed by atoms with E-state index in [9.17, 15) is 0 Å². The molecule has 1 aromatic heterocycles. The van der Waals surface area contributed by atoms with Crippen LogP contribution in [0.1, 0.15) is 33.0 Å². The lowest BCUT2D eigenvalue weighted by molar-refractivity contribution is 0.00867. The Morgan fingerprint density at radius 1 is 1.24 bits per heavy atom. The molecule has 1 saturated heterocycles. The van der Waals surface area contributed by atoms with Gasteiger partial charge in [-0.15, -0.1) is 0 Å². The molecule has 2 aromatic rings. The van der Waals surface area contributed by atoms with Crippen molar-refractivity contribution in [2.75, 3.05) is 45.9 Å². The van der Waals surface area contributed by atoms with E-state index in [0.29, 0.717) is 12.0 Å². The van der Waals surface area contributed by atoms with E-state index in [-0.39, 0.29) is 0 Å². The summed E-state index contributed by atoms with van der Waals surface area (Å²) >= 11 is 0. The molecule has 0 bridgehead atoms. The smallest absolute Gasteiger partial charge is 0.191 e. The molecule has 0 amide bonds. The molecule has 3 rings (SSSR count). The van der Waals surface area contributed by atoms with E-state index < -0.39 is 0 Å². The molecule has 3 N–H and O–H groups in total. The van der Waals surface area contributed by atoms with Gasteiger partial charge in [0.1, 0.15) is 5.82 Å². The zero-order chi connectivity index (χ0) is 20.5. The standard InChI is InChI=1S/C22H36N6O/c1-4-23-22(25-16-20(17(2)3)28-12-14-29-15-13-28)24-11-7-10-21-26-18-8-5-6-9-19(18)27-21/h5-6,8-9,17,20H,4,7,10-16H2,1-3H3,(H,26,27)(H2,23,24,25). The minimum atomic E-state index is 0.449. The van der Waals surface area contributed by atoms with Crippen molar-refractivity contribution in [3.8, 4) is 0 Å². The van der Waals surface area contributed by atoms with Crippen LogP contribution in [-0.2, 0) is 11.2 Å². The molecule has 7 nitrogen and oxygen atoms in total. The first-order valence-corrected chi connectivity index (χ1v) is 10.9. The molecule has 1 aliphatic heterocycles. The number of fused-ring (bicyclic) bond motifs is 1. The van der Waals surface area contributed by atoms with Crippen molar-refractivity contribution in [2.24, 2.45) is 10.9 Å². The largest absolute Gasteiger partial charge is 0.379 e. The number of hydrogen-bond donors (Lipinski definition) is 3. The number of aryl methyl sites for hydroxylation is 1. The van der Waals surface area contributed by atoms with Gasteiger partial charge >= 0.3 is 0 Å². The summed E-state index contributed by atoms with van der Waals surface area (Å²) in [6.45, 7) is 12.8. The monoisotopic (exact) mass is 400 g/mol. The Bertz CT molecular complexity index is 733. The van der Waals surface area contributed by atoms with Crippen molar-refractivity contribution in [3.05, 3.63) is 30.1 Å². The fourth-order valence-electron chi connectivity index (χ4n) is 3.77. The summed E-state index contributed by atoms with van der Waals surface area (Å²) in [5.74, 6) is 2.51. The predicted octanol–water partition coefficient (Wildman–Crippen LogP) is 2.41. The number of aliphatic imine (C=N–C) groups is 1. The van der Waals surface area contributed by atoms with Gasteiger partial charge in [-0.2, -0.15) is 0 Å². The highest BCUT2D eigenvalue weighted by Gasteiger charge is 2.23. The first kappa shape index (κ1) is 21.6. The lowest BCUT2D eigenvalue weighted by Gasteiger charge is -2.36. The SMILES string of the molecule is CCNC(=NCC(C(C)C)N1CCOCC1)NCCCc1nc2ccccc2[nH]1. The lowest BCUT2D eigenvalue weighted by Crippen LogP contribution is -2.48. The van der Waals surface area contributed by atoms with Crippen LogP contribution in [0.3, 0.4) is 0 Å². The third-order valence-corrected chi connectivity index (χ3v) is 5.39. The molecular formula is C22H36N6O. The summed E-state index contributed by atoms with van der Waals surface area (Å²) in [5.41, 5.74) is 2.14. The van der Waals surface area contributed by atoms with Gasteiger partial charge in [-0.25, -0.2) is 4.98 Å². The second kappa shape index (κ2) is 11.2. The van der Waals surface area contributed by atoms with E-state index in [2.05, 4.69) is 52.3 Å². The summed E-state index contributed by atoms with van der Waals surface area (Å²) in [7, 11) is 0. The maximum atomic E-state index is 5.51. The van der Waals surface area contributed by atoms with Gasteiger partial charge in [-0.1, -0.05) is 26.0 Å². The third-order valence-electron chi connectivity index (χ3n) is 5.39. The van der Waals surface area contributed by atoms with Crippen LogP contribution in [0.25, 0.3) is 11.0 Å². The minimum Gasteiger partial charge on any atom is -0.379 e. The first-order valence-electron chi connectivity index (χ1n) is 10.9. The molecule has 0 aliphatic carbocycles. The minimum absolute atomic E-state index is 0.449. The van der Waals surface area contributed by atoms with Crippen molar-refractivity contribution >= 4 is 17.0 Å². The molecule has 1 aliphatic rings. The maximum Gasteiger partial charge on any atom is 0.191 e. The summed E-state index contributed by atoms with van der Waals surface area (Å²) in [6, 6.07) is 8.62. The molecule has 0 radical (unpaired) electrons. The van der Waals surface area contributed by atoms with Crippen LogP contribution in [0.5, 0.6) is 0 Å². The number of aromatic amines is 1. The third kappa shape index (κ3) is 6.44. The molecule has 2 heterocycles. The normalized spacial score (nSPS) is 17.0. The van der Waals surface area contributed by atoms with Gasteiger partial charge in [0.05, 0.1) is 30.8 Å². The Hall–Kier alpha value is -2.12. The van der Waals surface area contributed by atoms with Crippen LogP contribution >= 0.6 is 0 Å².